The highest BCUT2D eigenvalue weighted by atomic mass is 32.1. The monoisotopic (exact) mass is 576 g/mol. The maximum atomic E-state index is 14.0. The Morgan fingerprint density at radius 3 is 2.63 bits per heavy atom. The minimum absolute atomic E-state index is 0.0818. The zero-order valence-electron chi connectivity index (χ0n) is 22.9. The van der Waals surface area contributed by atoms with Crippen LogP contribution in [0.4, 0.5) is 0 Å². The molecule has 2 aromatic carbocycles. The molecule has 4 heterocycles. The number of hydrazone groups is 1. The summed E-state index contributed by atoms with van der Waals surface area (Å²) < 4.78 is 21.9. The number of carbonyl (C=O) groups is 2. The summed E-state index contributed by atoms with van der Waals surface area (Å²) >= 11 is 1.38. The molecule has 1 saturated heterocycles. The first-order valence-electron chi connectivity index (χ1n) is 13.7. The van der Waals surface area contributed by atoms with E-state index in [0.29, 0.717) is 49.1 Å². The zero-order chi connectivity index (χ0) is 28.2. The number of rotatable bonds is 9. The predicted molar refractivity (Wildman–Crippen MR) is 154 cm³/mol. The van der Waals surface area contributed by atoms with Gasteiger partial charge >= 0.3 is 0 Å². The standard InChI is InChI=1S/C30H32N4O6S/c1-37-23-7-4-21(5-8-23)24-18-25(22-6-9-26-27(17-22)40-20-39-26)34(31-24)29(35)19-33(30(36)28-3-2-16-41-28)11-10-32-12-14-38-15-13-32/h2-9,16-17,25H,10-15,18-20H2,1H3/t25-/m0/s1. The first-order valence-corrected chi connectivity index (χ1v) is 14.5. The van der Waals surface area contributed by atoms with Crippen LogP contribution in [0.3, 0.4) is 0 Å². The van der Waals surface area contributed by atoms with Gasteiger partial charge in [0.05, 0.1) is 37.0 Å². The molecule has 0 bridgehead atoms. The van der Waals surface area contributed by atoms with Gasteiger partial charge in [-0.3, -0.25) is 14.5 Å². The number of thiophene rings is 1. The Balaban J connectivity index is 1.26. The summed E-state index contributed by atoms with van der Waals surface area (Å²) in [6, 6.07) is 16.6. The first-order chi connectivity index (χ1) is 20.1. The van der Waals surface area contributed by atoms with E-state index in [4.69, 9.17) is 24.0 Å². The van der Waals surface area contributed by atoms with Crippen molar-refractivity contribution in [1.82, 2.24) is 14.8 Å². The average molecular weight is 577 g/mol. The Bertz CT molecular complexity index is 1400. The third-order valence-corrected chi connectivity index (χ3v) is 8.36. The Morgan fingerprint density at radius 1 is 1.07 bits per heavy atom. The molecule has 3 aliphatic rings. The second kappa shape index (κ2) is 12.3. The van der Waals surface area contributed by atoms with Gasteiger partial charge in [-0.1, -0.05) is 12.1 Å². The molecule has 0 N–H and O–H groups in total. The third-order valence-electron chi connectivity index (χ3n) is 7.51. The van der Waals surface area contributed by atoms with E-state index in [1.807, 2.05) is 53.9 Å². The smallest absolute Gasteiger partial charge is 0.264 e. The van der Waals surface area contributed by atoms with E-state index in [-0.39, 0.29) is 31.2 Å². The highest BCUT2D eigenvalue weighted by Gasteiger charge is 2.35. The number of hydrogen-bond donors (Lipinski definition) is 0. The predicted octanol–water partition coefficient (Wildman–Crippen LogP) is 3.64. The van der Waals surface area contributed by atoms with E-state index >= 15 is 0 Å². The fraction of sp³-hybridized carbons (Fsp3) is 0.367. The molecule has 3 aliphatic heterocycles. The van der Waals surface area contributed by atoms with E-state index in [2.05, 4.69) is 4.90 Å². The van der Waals surface area contributed by atoms with Crippen molar-refractivity contribution in [2.75, 3.05) is 59.8 Å². The lowest BCUT2D eigenvalue weighted by Crippen LogP contribution is -2.46. The maximum absolute atomic E-state index is 14.0. The summed E-state index contributed by atoms with van der Waals surface area (Å²) in [6.07, 6.45) is 0.518. The van der Waals surface area contributed by atoms with Crippen molar-refractivity contribution < 1.29 is 28.5 Å². The molecule has 0 radical (unpaired) electrons. The third kappa shape index (κ3) is 6.07. The van der Waals surface area contributed by atoms with Gasteiger partial charge in [-0.2, -0.15) is 5.10 Å². The van der Waals surface area contributed by atoms with Gasteiger partial charge in [0.1, 0.15) is 12.3 Å². The molecular formula is C30H32N4O6S. The fourth-order valence-electron chi connectivity index (χ4n) is 5.21. The molecule has 0 unspecified atom stereocenters. The molecular weight excluding hydrogens is 544 g/mol. The van der Waals surface area contributed by atoms with Crippen LogP contribution < -0.4 is 14.2 Å². The van der Waals surface area contributed by atoms with Gasteiger partial charge in [-0.05, 0) is 59.0 Å². The van der Waals surface area contributed by atoms with Crippen molar-refractivity contribution >= 4 is 28.9 Å². The molecule has 214 valence electrons. The summed E-state index contributed by atoms with van der Waals surface area (Å²) in [4.78, 5) is 32.0. The number of carbonyl (C=O) groups excluding carboxylic acids is 2. The van der Waals surface area contributed by atoms with E-state index in [9.17, 15) is 9.59 Å². The molecule has 6 rings (SSSR count). The summed E-state index contributed by atoms with van der Waals surface area (Å²) in [6.45, 7) is 4.15. The minimum Gasteiger partial charge on any atom is -0.497 e. The molecule has 10 nitrogen and oxygen atoms in total. The number of fused-ring (bicyclic) bond motifs is 1. The lowest BCUT2D eigenvalue weighted by atomic mass is 9.98. The van der Waals surface area contributed by atoms with E-state index in [0.717, 1.165) is 35.7 Å². The molecule has 1 atom stereocenters. The van der Waals surface area contributed by atoms with Crippen LogP contribution in [0.15, 0.2) is 65.1 Å². The second-order valence-electron chi connectivity index (χ2n) is 10.0. The quantitative estimate of drug-likeness (QED) is 0.384. The molecule has 1 fully saturated rings. The molecule has 0 aliphatic carbocycles. The number of morpholine rings is 1. The summed E-state index contributed by atoms with van der Waals surface area (Å²) in [7, 11) is 1.63. The molecule has 1 aromatic heterocycles. The van der Waals surface area contributed by atoms with Gasteiger partial charge in [0, 0.05) is 32.6 Å². The minimum atomic E-state index is -0.355. The van der Waals surface area contributed by atoms with Crippen LogP contribution in [0.1, 0.15) is 33.3 Å². The van der Waals surface area contributed by atoms with Crippen molar-refractivity contribution in [2.45, 2.75) is 12.5 Å². The van der Waals surface area contributed by atoms with Gasteiger partial charge in [0.15, 0.2) is 11.5 Å². The second-order valence-corrected chi connectivity index (χ2v) is 11.0. The Morgan fingerprint density at radius 2 is 1.88 bits per heavy atom. The van der Waals surface area contributed by atoms with Crippen molar-refractivity contribution in [3.8, 4) is 17.2 Å². The van der Waals surface area contributed by atoms with Crippen molar-refractivity contribution in [2.24, 2.45) is 5.10 Å². The maximum Gasteiger partial charge on any atom is 0.264 e. The normalized spacial score (nSPS) is 18.3. The van der Waals surface area contributed by atoms with E-state index in [1.165, 1.54) is 16.3 Å². The van der Waals surface area contributed by atoms with Gasteiger partial charge in [-0.25, -0.2) is 5.01 Å². The van der Waals surface area contributed by atoms with Crippen LogP contribution in [-0.2, 0) is 9.53 Å². The van der Waals surface area contributed by atoms with E-state index < -0.39 is 0 Å². The van der Waals surface area contributed by atoms with Crippen molar-refractivity contribution in [3.63, 3.8) is 0 Å². The molecule has 2 amide bonds. The topological polar surface area (TPSA) is 93.1 Å². The van der Waals surface area contributed by atoms with Crippen molar-refractivity contribution in [3.05, 3.63) is 76.0 Å². The number of amides is 2. The first kappa shape index (κ1) is 27.3. The number of ether oxygens (including phenoxy) is 4. The highest BCUT2D eigenvalue weighted by Crippen LogP contribution is 2.39. The van der Waals surface area contributed by atoms with Crippen molar-refractivity contribution in [1.29, 1.82) is 0 Å². The van der Waals surface area contributed by atoms with Crippen LogP contribution in [-0.4, -0.2) is 92.2 Å². The lowest BCUT2D eigenvalue weighted by Gasteiger charge is -2.31. The molecule has 0 spiro atoms. The Kier molecular flexibility index (Phi) is 8.17. The SMILES string of the molecule is COc1ccc(C2=NN(C(=O)CN(CCN3CCOCC3)C(=O)c3cccs3)[C@H](c3ccc4c(c3)OCO4)C2)cc1. The lowest BCUT2D eigenvalue weighted by molar-refractivity contribution is -0.133. The van der Waals surface area contributed by atoms with E-state index in [1.54, 1.807) is 18.1 Å². The largest absolute Gasteiger partial charge is 0.497 e. The molecule has 3 aromatic rings. The zero-order valence-corrected chi connectivity index (χ0v) is 23.7. The summed E-state index contributed by atoms with van der Waals surface area (Å²) in [5.74, 6) is 1.67. The highest BCUT2D eigenvalue weighted by molar-refractivity contribution is 7.12. The Hall–Kier alpha value is -3.93. The summed E-state index contributed by atoms with van der Waals surface area (Å²) in [5, 5.41) is 8.22. The summed E-state index contributed by atoms with van der Waals surface area (Å²) in [5.41, 5.74) is 2.58. The number of benzene rings is 2. The van der Waals surface area contributed by atoms with Crippen LogP contribution >= 0.6 is 11.3 Å². The number of nitrogens with zero attached hydrogens (tertiary/aromatic N) is 4. The van der Waals surface area contributed by atoms with Gasteiger partial charge in [0.2, 0.25) is 6.79 Å². The van der Waals surface area contributed by atoms with Crippen LogP contribution in [0.25, 0.3) is 0 Å². The number of hydrogen-bond acceptors (Lipinski definition) is 9. The van der Waals surface area contributed by atoms with Gasteiger partial charge in [0.25, 0.3) is 11.8 Å². The van der Waals surface area contributed by atoms with Crippen LogP contribution in [0.2, 0.25) is 0 Å². The van der Waals surface area contributed by atoms with Gasteiger partial charge in [-0.15, -0.1) is 11.3 Å². The Labute approximate surface area is 242 Å². The molecule has 0 saturated carbocycles. The number of methoxy groups -OCH3 is 1. The fourth-order valence-corrected chi connectivity index (χ4v) is 5.90. The van der Waals surface area contributed by atoms with Crippen LogP contribution in [0, 0.1) is 0 Å². The average Bonchev–Trinajstić information content (AvgIpc) is 3.80. The van der Waals surface area contributed by atoms with Crippen LogP contribution in [0.5, 0.6) is 17.2 Å². The van der Waals surface area contributed by atoms with Gasteiger partial charge < -0.3 is 23.8 Å². The molecule has 11 heteroatoms. The molecule has 41 heavy (non-hydrogen) atoms.